The third kappa shape index (κ3) is 3.90. The summed E-state index contributed by atoms with van der Waals surface area (Å²) < 4.78 is 10.4. The molecule has 1 saturated carbocycles. The Morgan fingerprint density at radius 2 is 1.89 bits per heavy atom. The van der Waals surface area contributed by atoms with Crippen LogP contribution in [-0.4, -0.2) is 49.0 Å². The Morgan fingerprint density at radius 3 is 2.54 bits per heavy atom. The fourth-order valence-corrected chi connectivity index (χ4v) is 3.80. The predicted molar refractivity (Wildman–Crippen MR) is 102 cm³/mol. The number of carbonyl (C=O) groups is 3. The van der Waals surface area contributed by atoms with Crippen LogP contribution < -0.4 is 20.1 Å². The van der Waals surface area contributed by atoms with Crippen molar-refractivity contribution in [3.63, 3.8) is 0 Å². The molecule has 28 heavy (non-hydrogen) atoms. The molecular weight excluding hydrogens is 362 g/mol. The summed E-state index contributed by atoms with van der Waals surface area (Å²) in [5.41, 5.74) is -0.00585. The van der Waals surface area contributed by atoms with E-state index in [1.807, 2.05) is 6.07 Å². The second kappa shape index (κ2) is 8.08. The van der Waals surface area contributed by atoms with E-state index in [4.69, 9.17) is 9.47 Å². The molecule has 2 fully saturated rings. The second-order valence-electron chi connectivity index (χ2n) is 7.55. The van der Waals surface area contributed by atoms with E-state index in [0.717, 1.165) is 23.3 Å². The molecule has 8 nitrogen and oxygen atoms in total. The van der Waals surface area contributed by atoms with Crippen LogP contribution in [0.15, 0.2) is 18.2 Å². The van der Waals surface area contributed by atoms with Crippen LogP contribution >= 0.6 is 0 Å². The Morgan fingerprint density at radius 1 is 1.21 bits per heavy atom. The number of benzene rings is 1. The van der Waals surface area contributed by atoms with Gasteiger partial charge in [0, 0.05) is 6.54 Å². The molecule has 0 unspecified atom stereocenters. The number of hydrogen-bond acceptors (Lipinski definition) is 5. The van der Waals surface area contributed by atoms with Gasteiger partial charge >= 0.3 is 6.03 Å². The van der Waals surface area contributed by atoms with Crippen molar-refractivity contribution < 1.29 is 23.9 Å². The topological polar surface area (TPSA) is 97.0 Å². The summed E-state index contributed by atoms with van der Waals surface area (Å²) in [6, 6.07) is 4.85. The lowest BCUT2D eigenvalue weighted by Crippen LogP contribution is -2.49. The molecule has 1 aromatic rings. The van der Waals surface area contributed by atoms with E-state index >= 15 is 0 Å². The van der Waals surface area contributed by atoms with Crippen LogP contribution in [0.5, 0.6) is 11.5 Å². The number of hydrogen-bond donors (Lipinski definition) is 2. The molecule has 1 heterocycles. The molecule has 1 saturated heterocycles. The number of carbonyl (C=O) groups excluding carboxylic acids is 3. The maximum atomic E-state index is 12.8. The molecule has 2 aliphatic rings. The van der Waals surface area contributed by atoms with E-state index in [0.29, 0.717) is 30.3 Å². The highest BCUT2D eigenvalue weighted by molar-refractivity contribution is 6.09. The minimum Gasteiger partial charge on any atom is -0.493 e. The number of nitrogens with zero attached hydrogens (tertiary/aromatic N) is 1. The Bertz CT molecular complexity index is 771. The van der Waals surface area contributed by atoms with E-state index in [9.17, 15) is 14.4 Å². The van der Waals surface area contributed by atoms with Crippen LogP contribution in [-0.2, 0) is 16.1 Å². The summed E-state index contributed by atoms with van der Waals surface area (Å²) in [4.78, 5) is 38.4. The fraction of sp³-hybridized carbons (Fsp3) is 0.550. The number of amides is 4. The summed E-state index contributed by atoms with van der Waals surface area (Å²) >= 11 is 0. The standard InChI is InChI=1S/C20H27N3O5/c1-13-6-8-20(9-7-13)18(25)23(19(26)22-20)12-17(24)21-11-14-4-5-15(27-2)16(10-14)28-3/h4-5,10,13H,6-9,11-12H2,1-3H3,(H,21,24)(H,22,26). The second-order valence-corrected chi connectivity index (χ2v) is 7.55. The number of imide groups is 1. The fourth-order valence-electron chi connectivity index (χ4n) is 3.80. The van der Waals surface area contributed by atoms with Gasteiger partial charge in [0.25, 0.3) is 5.91 Å². The lowest BCUT2D eigenvalue weighted by molar-refractivity contribution is -0.136. The van der Waals surface area contributed by atoms with Crippen molar-refractivity contribution in [3.05, 3.63) is 23.8 Å². The predicted octanol–water partition coefficient (Wildman–Crippen LogP) is 1.82. The Balaban J connectivity index is 1.58. The van der Waals surface area contributed by atoms with Gasteiger partial charge in [0.2, 0.25) is 5.91 Å². The number of nitrogens with one attached hydrogen (secondary N) is 2. The first-order chi connectivity index (χ1) is 13.4. The highest BCUT2D eigenvalue weighted by Crippen LogP contribution is 2.36. The van der Waals surface area contributed by atoms with Crippen molar-refractivity contribution in [3.8, 4) is 11.5 Å². The quantitative estimate of drug-likeness (QED) is 0.724. The Hall–Kier alpha value is -2.77. The minimum absolute atomic E-state index is 0.255. The molecule has 1 aliphatic heterocycles. The molecule has 0 radical (unpaired) electrons. The molecule has 1 aliphatic carbocycles. The average Bonchev–Trinajstić information content (AvgIpc) is 2.92. The van der Waals surface area contributed by atoms with Gasteiger partial charge in [-0.2, -0.15) is 0 Å². The molecule has 1 spiro atoms. The van der Waals surface area contributed by atoms with Crippen LogP contribution in [0.1, 0.15) is 38.2 Å². The van der Waals surface area contributed by atoms with Gasteiger partial charge in [-0.1, -0.05) is 13.0 Å². The van der Waals surface area contributed by atoms with E-state index in [1.54, 1.807) is 26.4 Å². The number of rotatable bonds is 6. The zero-order chi connectivity index (χ0) is 20.3. The molecule has 152 valence electrons. The first kappa shape index (κ1) is 20.0. The van der Waals surface area contributed by atoms with Gasteiger partial charge in [0.1, 0.15) is 12.1 Å². The van der Waals surface area contributed by atoms with Gasteiger partial charge in [-0.05, 0) is 49.3 Å². The van der Waals surface area contributed by atoms with E-state index < -0.39 is 11.6 Å². The molecule has 3 rings (SSSR count). The SMILES string of the molecule is COc1ccc(CNC(=O)CN2C(=O)NC3(CCC(C)CC3)C2=O)cc1OC. The average molecular weight is 389 g/mol. The van der Waals surface area contributed by atoms with Crippen LogP contribution in [0, 0.1) is 5.92 Å². The summed E-state index contributed by atoms with van der Waals surface area (Å²) in [5.74, 6) is 1.04. The van der Waals surface area contributed by atoms with Crippen LogP contribution in [0.4, 0.5) is 4.79 Å². The van der Waals surface area contributed by atoms with Crippen LogP contribution in [0.3, 0.4) is 0 Å². The third-order valence-corrected chi connectivity index (χ3v) is 5.61. The highest BCUT2D eigenvalue weighted by Gasteiger charge is 2.52. The normalized spacial score (nSPS) is 24.2. The Kier molecular flexibility index (Phi) is 5.76. The summed E-state index contributed by atoms with van der Waals surface area (Å²) in [6.45, 7) is 2.12. The number of methoxy groups -OCH3 is 2. The van der Waals surface area contributed by atoms with Gasteiger partial charge in [-0.15, -0.1) is 0 Å². The smallest absolute Gasteiger partial charge is 0.325 e. The molecule has 4 amide bonds. The lowest BCUT2D eigenvalue weighted by atomic mass is 9.77. The minimum atomic E-state index is -0.826. The first-order valence-electron chi connectivity index (χ1n) is 9.50. The highest BCUT2D eigenvalue weighted by atomic mass is 16.5. The molecule has 0 aromatic heterocycles. The summed E-state index contributed by atoms with van der Waals surface area (Å²) in [5, 5.41) is 5.57. The van der Waals surface area contributed by atoms with E-state index in [-0.39, 0.29) is 24.9 Å². The van der Waals surface area contributed by atoms with Gasteiger partial charge in [0.05, 0.1) is 14.2 Å². The van der Waals surface area contributed by atoms with E-state index in [1.165, 1.54) is 0 Å². The van der Waals surface area contributed by atoms with Crippen molar-refractivity contribution in [2.24, 2.45) is 5.92 Å². The van der Waals surface area contributed by atoms with Gasteiger partial charge in [-0.3, -0.25) is 14.5 Å². The van der Waals surface area contributed by atoms with Crippen LogP contribution in [0.2, 0.25) is 0 Å². The largest absolute Gasteiger partial charge is 0.493 e. The lowest BCUT2D eigenvalue weighted by Gasteiger charge is -2.33. The van der Waals surface area contributed by atoms with Crippen molar-refractivity contribution in [2.45, 2.75) is 44.7 Å². The van der Waals surface area contributed by atoms with Crippen molar-refractivity contribution in [1.82, 2.24) is 15.5 Å². The zero-order valence-electron chi connectivity index (χ0n) is 16.5. The van der Waals surface area contributed by atoms with Gasteiger partial charge in [0.15, 0.2) is 11.5 Å². The van der Waals surface area contributed by atoms with Gasteiger partial charge in [-0.25, -0.2) is 4.79 Å². The van der Waals surface area contributed by atoms with Crippen LogP contribution in [0.25, 0.3) is 0 Å². The molecule has 1 aromatic carbocycles. The van der Waals surface area contributed by atoms with Gasteiger partial charge < -0.3 is 20.1 Å². The summed E-state index contributed by atoms with van der Waals surface area (Å²) in [7, 11) is 3.09. The molecule has 0 atom stereocenters. The summed E-state index contributed by atoms with van der Waals surface area (Å²) in [6.07, 6.45) is 3.04. The molecule has 0 bridgehead atoms. The number of ether oxygens (including phenoxy) is 2. The van der Waals surface area contributed by atoms with Crippen molar-refractivity contribution >= 4 is 17.8 Å². The Labute approximate surface area is 164 Å². The third-order valence-electron chi connectivity index (χ3n) is 5.61. The zero-order valence-corrected chi connectivity index (χ0v) is 16.5. The first-order valence-corrected chi connectivity index (χ1v) is 9.50. The maximum Gasteiger partial charge on any atom is 0.325 e. The van der Waals surface area contributed by atoms with E-state index in [2.05, 4.69) is 17.6 Å². The molecule has 2 N–H and O–H groups in total. The monoisotopic (exact) mass is 389 g/mol. The molecule has 8 heteroatoms. The van der Waals surface area contributed by atoms with Crippen molar-refractivity contribution in [2.75, 3.05) is 20.8 Å². The maximum absolute atomic E-state index is 12.8. The molecular formula is C20H27N3O5. The van der Waals surface area contributed by atoms with Crippen molar-refractivity contribution in [1.29, 1.82) is 0 Å². The number of urea groups is 1.